The molecule has 1 saturated carbocycles. The number of phenols is 1. The Morgan fingerprint density at radius 3 is 2.80 bits per heavy atom. The van der Waals surface area contributed by atoms with Gasteiger partial charge in [0.25, 0.3) is 0 Å². The summed E-state index contributed by atoms with van der Waals surface area (Å²) in [7, 11) is 0. The van der Waals surface area contributed by atoms with Gasteiger partial charge in [0.1, 0.15) is 0 Å². The second-order valence-corrected chi connectivity index (χ2v) is 8.64. The van der Waals surface area contributed by atoms with Crippen LogP contribution in [0.4, 0.5) is 0 Å². The molecule has 1 aromatic rings. The van der Waals surface area contributed by atoms with Crippen molar-refractivity contribution < 1.29 is 14.6 Å². The number of nitrogens with one attached hydrogen (secondary N) is 3. The van der Waals surface area contributed by atoms with E-state index < -0.39 is 0 Å². The van der Waals surface area contributed by atoms with Gasteiger partial charge in [0.05, 0.1) is 12.6 Å². The van der Waals surface area contributed by atoms with Crippen LogP contribution in [-0.4, -0.2) is 49.2 Å². The van der Waals surface area contributed by atoms with E-state index in [9.17, 15) is 9.90 Å². The van der Waals surface area contributed by atoms with Crippen LogP contribution in [0.25, 0.3) is 0 Å². The van der Waals surface area contributed by atoms with E-state index in [0.29, 0.717) is 24.1 Å². The molecule has 1 aliphatic heterocycles. The minimum absolute atomic E-state index is 0.0147. The van der Waals surface area contributed by atoms with E-state index in [-0.39, 0.29) is 29.8 Å². The number of hydrogen-bond donors (Lipinski definition) is 4. The number of carbonyl (C=O) groups is 1. The molecule has 2 aliphatic rings. The summed E-state index contributed by atoms with van der Waals surface area (Å²) in [5.41, 5.74) is 1.01. The average molecular weight is 418 g/mol. The average Bonchev–Trinajstić information content (AvgIpc) is 2.77. The molecular formula is C24H39N3O3. The number of ketones is 1. The number of fused-ring (bicyclic) bond motifs is 1. The third kappa shape index (κ3) is 5.34. The molecule has 5 atom stereocenters. The van der Waals surface area contributed by atoms with Gasteiger partial charge in [-0.2, -0.15) is 0 Å². The summed E-state index contributed by atoms with van der Waals surface area (Å²) in [6, 6.07) is 5.69. The van der Waals surface area contributed by atoms with E-state index in [1.165, 1.54) is 0 Å². The van der Waals surface area contributed by atoms with Crippen LogP contribution in [0.1, 0.15) is 64.5 Å². The Hall–Kier alpha value is -1.63. The second kappa shape index (κ2) is 11.1. The van der Waals surface area contributed by atoms with Gasteiger partial charge in [0, 0.05) is 24.5 Å². The Labute approximate surface area is 181 Å². The number of phenolic OH excluding ortho intramolecular Hbond substituents is 1. The Morgan fingerprint density at radius 1 is 1.23 bits per heavy atom. The normalized spacial score (nSPS) is 26.1. The van der Waals surface area contributed by atoms with E-state index in [1.54, 1.807) is 6.07 Å². The number of ether oxygens (including phenoxy) is 1. The number of carbonyl (C=O) groups excluding carboxylic acids is 1. The number of benzene rings is 1. The molecule has 5 unspecified atom stereocenters. The molecule has 0 amide bonds. The van der Waals surface area contributed by atoms with E-state index in [1.807, 2.05) is 19.1 Å². The highest BCUT2D eigenvalue weighted by atomic mass is 16.5. The van der Waals surface area contributed by atoms with Crippen LogP contribution in [0.2, 0.25) is 0 Å². The fourth-order valence-corrected chi connectivity index (χ4v) is 5.03. The zero-order valence-electron chi connectivity index (χ0n) is 18.7. The first-order chi connectivity index (χ1) is 14.6. The van der Waals surface area contributed by atoms with Crippen molar-refractivity contribution in [1.29, 1.82) is 0 Å². The number of aromatic hydroxyl groups is 1. The van der Waals surface area contributed by atoms with Gasteiger partial charge in [-0.1, -0.05) is 19.9 Å². The highest BCUT2D eigenvalue weighted by Gasteiger charge is 2.43. The SMILES string of the molecule is CCNCC(CC)NC(c1ccc(O)c(OCC)c1)C1CCC2CCCNC2C1=O. The highest BCUT2D eigenvalue weighted by molar-refractivity contribution is 5.88. The minimum atomic E-state index is -0.0920. The Morgan fingerprint density at radius 2 is 2.07 bits per heavy atom. The van der Waals surface area contributed by atoms with Gasteiger partial charge in [-0.25, -0.2) is 0 Å². The number of rotatable bonds is 10. The minimum Gasteiger partial charge on any atom is -0.504 e. The monoisotopic (exact) mass is 417 g/mol. The fourth-order valence-electron chi connectivity index (χ4n) is 5.03. The summed E-state index contributed by atoms with van der Waals surface area (Å²) in [4.78, 5) is 13.5. The lowest BCUT2D eigenvalue weighted by Crippen LogP contribution is -2.55. The molecule has 1 aromatic carbocycles. The molecule has 0 bridgehead atoms. The number of hydrogen-bond acceptors (Lipinski definition) is 6. The molecular weight excluding hydrogens is 378 g/mol. The second-order valence-electron chi connectivity index (χ2n) is 8.64. The molecule has 1 heterocycles. The van der Waals surface area contributed by atoms with Crippen LogP contribution in [0.15, 0.2) is 18.2 Å². The van der Waals surface area contributed by atoms with Crippen LogP contribution in [0.5, 0.6) is 11.5 Å². The molecule has 6 nitrogen and oxygen atoms in total. The molecule has 3 rings (SSSR count). The van der Waals surface area contributed by atoms with E-state index in [2.05, 4.69) is 29.8 Å². The van der Waals surface area contributed by atoms with Gasteiger partial charge >= 0.3 is 0 Å². The van der Waals surface area contributed by atoms with Crippen molar-refractivity contribution in [3.63, 3.8) is 0 Å². The van der Waals surface area contributed by atoms with Crippen LogP contribution < -0.4 is 20.7 Å². The lowest BCUT2D eigenvalue weighted by molar-refractivity contribution is -0.131. The van der Waals surface area contributed by atoms with Gasteiger partial charge < -0.3 is 25.8 Å². The predicted octanol–water partition coefficient (Wildman–Crippen LogP) is 3.16. The fraction of sp³-hybridized carbons (Fsp3) is 0.708. The maximum atomic E-state index is 13.5. The van der Waals surface area contributed by atoms with Crippen LogP contribution in [-0.2, 0) is 4.79 Å². The lowest BCUT2D eigenvalue weighted by atomic mass is 9.70. The number of piperidine rings is 1. The molecule has 0 aromatic heterocycles. The number of Topliss-reactive ketones (excluding diaryl/α,β-unsaturated/α-hetero) is 1. The molecule has 4 N–H and O–H groups in total. The van der Waals surface area contributed by atoms with Crippen molar-refractivity contribution in [2.45, 2.75) is 71.0 Å². The predicted molar refractivity (Wildman–Crippen MR) is 120 cm³/mol. The number of likely N-dealkylation sites (N-methyl/N-ethyl adjacent to an activating group) is 1. The van der Waals surface area contributed by atoms with Crippen LogP contribution in [0.3, 0.4) is 0 Å². The van der Waals surface area contributed by atoms with Gasteiger partial charge in [-0.05, 0) is 75.7 Å². The maximum absolute atomic E-state index is 13.5. The molecule has 1 saturated heterocycles. The molecule has 30 heavy (non-hydrogen) atoms. The Kier molecular flexibility index (Phi) is 8.54. The van der Waals surface area contributed by atoms with Gasteiger partial charge in [-0.15, -0.1) is 0 Å². The molecule has 6 heteroatoms. The van der Waals surface area contributed by atoms with Crippen molar-refractivity contribution in [2.24, 2.45) is 11.8 Å². The standard InChI is InChI=1S/C24H39N3O3/c1-4-18(15-25-5-2)27-22(17-10-12-20(28)21(14-17)30-6-3)19-11-9-16-8-7-13-26-23(16)24(19)29/h10,12,14,16,18-19,22-23,25-28H,4-9,11,13,15H2,1-3H3. The summed E-state index contributed by atoms with van der Waals surface area (Å²) in [6.07, 6.45) is 5.29. The van der Waals surface area contributed by atoms with Gasteiger partial charge in [0.2, 0.25) is 0 Å². The molecule has 0 spiro atoms. The summed E-state index contributed by atoms with van der Waals surface area (Å²) in [5, 5.41) is 20.9. The first kappa shape index (κ1) is 23.0. The zero-order valence-corrected chi connectivity index (χ0v) is 18.7. The van der Waals surface area contributed by atoms with Crippen molar-refractivity contribution in [3.8, 4) is 11.5 Å². The molecule has 0 radical (unpaired) electrons. The first-order valence-electron chi connectivity index (χ1n) is 11.8. The quantitative estimate of drug-likeness (QED) is 0.468. The topological polar surface area (TPSA) is 82.6 Å². The zero-order chi connectivity index (χ0) is 21.5. The van der Waals surface area contributed by atoms with Crippen LogP contribution in [0, 0.1) is 11.8 Å². The van der Waals surface area contributed by atoms with Gasteiger partial charge in [0.15, 0.2) is 17.3 Å². The molecule has 2 fully saturated rings. The lowest BCUT2D eigenvalue weighted by Gasteiger charge is -2.42. The highest BCUT2D eigenvalue weighted by Crippen LogP contribution is 2.40. The van der Waals surface area contributed by atoms with Gasteiger partial charge in [-0.3, -0.25) is 4.79 Å². The Bertz CT molecular complexity index is 696. The third-order valence-corrected chi connectivity index (χ3v) is 6.70. The van der Waals surface area contributed by atoms with Crippen molar-refractivity contribution in [2.75, 3.05) is 26.2 Å². The summed E-state index contributed by atoms with van der Waals surface area (Å²) in [6.45, 7) is 9.41. The third-order valence-electron chi connectivity index (χ3n) is 6.70. The van der Waals surface area contributed by atoms with Crippen molar-refractivity contribution in [3.05, 3.63) is 23.8 Å². The van der Waals surface area contributed by atoms with E-state index >= 15 is 0 Å². The first-order valence-corrected chi connectivity index (χ1v) is 11.8. The smallest absolute Gasteiger partial charge is 0.161 e. The van der Waals surface area contributed by atoms with Crippen molar-refractivity contribution in [1.82, 2.24) is 16.0 Å². The maximum Gasteiger partial charge on any atom is 0.161 e. The Balaban J connectivity index is 1.89. The van der Waals surface area contributed by atoms with E-state index in [0.717, 1.165) is 57.3 Å². The van der Waals surface area contributed by atoms with E-state index in [4.69, 9.17) is 4.74 Å². The summed E-state index contributed by atoms with van der Waals surface area (Å²) < 4.78 is 5.64. The molecule has 168 valence electrons. The summed E-state index contributed by atoms with van der Waals surface area (Å²) in [5.74, 6) is 1.37. The summed E-state index contributed by atoms with van der Waals surface area (Å²) >= 11 is 0. The van der Waals surface area contributed by atoms with Crippen molar-refractivity contribution >= 4 is 5.78 Å². The van der Waals surface area contributed by atoms with Crippen LogP contribution >= 0.6 is 0 Å². The largest absolute Gasteiger partial charge is 0.504 e. The molecule has 1 aliphatic carbocycles.